The maximum absolute atomic E-state index is 10.1. The molecule has 0 amide bonds. The molecule has 117 heavy (non-hydrogen) atoms. The third kappa shape index (κ3) is 11.5. The van der Waals surface area contributed by atoms with E-state index in [4.69, 9.17) is 8.22 Å². The molecule has 7 heteroatoms. The van der Waals surface area contributed by atoms with E-state index in [1.165, 1.54) is 4.57 Å². The summed E-state index contributed by atoms with van der Waals surface area (Å²) in [6.45, 7) is 12.4. The molecule has 0 unspecified atom stereocenters. The molecule has 0 aliphatic carbocycles. The van der Waals surface area contributed by atoms with Gasteiger partial charge in [-0.3, -0.25) is 0 Å². The average Bonchev–Trinajstić information content (AvgIpc) is 1.48. The Labute approximate surface area is 711 Å². The van der Waals surface area contributed by atoms with Crippen LogP contribution >= 0.6 is 0 Å². The third-order valence-electron chi connectivity index (χ3n) is 23.3. The lowest BCUT2D eigenvalue weighted by Crippen LogP contribution is -2.61. The Balaban J connectivity index is 0.907. The number of hydrogen-bond acceptors (Lipinski definition) is 3. The molecule has 20 aromatic rings. The first-order chi connectivity index (χ1) is 65.6. The van der Waals surface area contributed by atoms with Crippen molar-refractivity contribution in [1.29, 1.82) is 0 Å². The van der Waals surface area contributed by atoms with E-state index in [2.05, 4.69) is 189 Å². The van der Waals surface area contributed by atoms with Crippen molar-refractivity contribution in [1.82, 2.24) is 13.7 Å². The van der Waals surface area contributed by atoms with E-state index in [9.17, 15) is 19.2 Å². The molecule has 3 aromatic heterocycles. The van der Waals surface area contributed by atoms with Gasteiger partial charge in [-0.15, -0.1) is 0 Å². The summed E-state index contributed by atoms with van der Waals surface area (Å²) < 4.78 is 194. The fourth-order valence-corrected chi connectivity index (χ4v) is 17.7. The fraction of sp³-hybridized carbons (Fsp3) is 0.0727. The van der Waals surface area contributed by atoms with Crippen molar-refractivity contribution in [3.63, 3.8) is 0 Å². The van der Waals surface area contributed by atoms with E-state index >= 15 is 0 Å². The van der Waals surface area contributed by atoms with Crippen LogP contribution in [0.15, 0.2) is 394 Å². The van der Waals surface area contributed by atoms with Gasteiger partial charge >= 0.3 is 0 Å². The van der Waals surface area contributed by atoms with Crippen LogP contribution in [-0.2, 0) is 10.8 Å². The number of para-hydroxylation sites is 5. The number of hydrogen-bond donors (Lipinski definition) is 0. The normalized spacial score (nSPS) is 15.0. The molecule has 0 N–H and O–H groups in total. The van der Waals surface area contributed by atoms with E-state index in [1.54, 1.807) is 33.7 Å². The summed E-state index contributed by atoms with van der Waals surface area (Å²) in [4.78, 5) is 6.19. The highest BCUT2D eigenvalue weighted by molar-refractivity contribution is 7.00. The van der Waals surface area contributed by atoms with Crippen molar-refractivity contribution in [3.8, 4) is 61.6 Å². The van der Waals surface area contributed by atoms with Gasteiger partial charge in [-0.2, -0.15) is 0 Å². The number of benzene rings is 17. The van der Waals surface area contributed by atoms with Gasteiger partial charge in [0.05, 0.1) is 66.2 Å². The Bertz CT molecular complexity index is 8260. The number of anilines is 9. The number of aromatic nitrogens is 3. The van der Waals surface area contributed by atoms with Gasteiger partial charge < -0.3 is 28.4 Å². The van der Waals surface area contributed by atoms with Crippen molar-refractivity contribution in [2.24, 2.45) is 0 Å². The summed E-state index contributed by atoms with van der Waals surface area (Å²) >= 11 is 0. The molecule has 556 valence electrons. The average molecular weight is 1520 g/mol. The van der Waals surface area contributed by atoms with Crippen LogP contribution in [0, 0.1) is 0 Å². The molecule has 0 fully saturated rings. The lowest BCUT2D eigenvalue weighted by molar-refractivity contribution is 0.590. The molecular weight excluding hydrogens is 1420 g/mol. The van der Waals surface area contributed by atoms with Crippen LogP contribution in [0.1, 0.15) is 80.1 Å². The second kappa shape index (κ2) is 27.2. The third-order valence-corrected chi connectivity index (χ3v) is 23.3. The zero-order valence-electron chi connectivity index (χ0n) is 84.7. The molecule has 0 saturated heterocycles. The zero-order chi connectivity index (χ0) is 95.8. The summed E-state index contributed by atoms with van der Waals surface area (Å²) in [6.07, 6.45) is 0. The molecule has 0 saturated carbocycles. The predicted octanol–water partition coefficient (Wildman–Crippen LogP) is 27.8. The van der Waals surface area contributed by atoms with Crippen LogP contribution in [0.4, 0.5) is 51.2 Å². The van der Waals surface area contributed by atoms with Gasteiger partial charge in [-0.05, 0) is 240 Å². The van der Waals surface area contributed by atoms with Gasteiger partial charge in [0.25, 0.3) is 6.71 Å². The molecular formula is C110H83BN6. The van der Waals surface area contributed by atoms with Gasteiger partial charge in [-0.25, -0.2) is 0 Å². The van der Waals surface area contributed by atoms with Crippen LogP contribution in [0.2, 0.25) is 0 Å². The van der Waals surface area contributed by atoms with Crippen LogP contribution in [-0.4, -0.2) is 20.4 Å². The maximum Gasteiger partial charge on any atom is 0.252 e. The first-order valence-electron chi connectivity index (χ1n) is 49.3. The summed E-state index contributed by atoms with van der Waals surface area (Å²) in [7, 11) is 0. The van der Waals surface area contributed by atoms with Crippen molar-refractivity contribution in [3.05, 3.63) is 405 Å². The minimum absolute atomic E-state index is 0.0742. The Morgan fingerprint density at radius 2 is 0.607 bits per heavy atom. The first-order valence-corrected chi connectivity index (χ1v) is 39.3. The highest BCUT2D eigenvalue weighted by Gasteiger charge is 2.45. The second-order valence-electron chi connectivity index (χ2n) is 32.2. The molecule has 5 heterocycles. The van der Waals surface area contributed by atoms with Crippen LogP contribution in [0.25, 0.3) is 127 Å². The lowest BCUT2D eigenvalue weighted by Gasteiger charge is -2.45. The fourth-order valence-electron chi connectivity index (χ4n) is 17.7. The monoisotopic (exact) mass is 1520 g/mol. The summed E-state index contributed by atoms with van der Waals surface area (Å²) in [5, 5.41) is 1.58. The van der Waals surface area contributed by atoms with E-state index in [0.717, 1.165) is 89.0 Å². The molecule has 2 aliphatic heterocycles. The van der Waals surface area contributed by atoms with Crippen molar-refractivity contribution in [2.45, 2.75) is 52.4 Å². The first kappa shape index (κ1) is 51.4. The maximum atomic E-state index is 10.1. The Morgan fingerprint density at radius 3 is 1.03 bits per heavy atom. The minimum Gasteiger partial charge on any atom is -0.311 e. The zero-order valence-corrected chi connectivity index (χ0v) is 64.7. The van der Waals surface area contributed by atoms with Gasteiger partial charge in [-0.1, -0.05) is 278 Å². The molecule has 0 atom stereocenters. The van der Waals surface area contributed by atoms with Crippen molar-refractivity contribution >= 4 is 140 Å². The van der Waals surface area contributed by atoms with Gasteiger partial charge in [0, 0.05) is 94.9 Å². The highest BCUT2D eigenvalue weighted by atomic mass is 15.2. The molecule has 17 aromatic carbocycles. The molecule has 0 spiro atoms. The molecule has 22 rings (SSSR count). The summed E-state index contributed by atoms with van der Waals surface area (Å²) in [6, 6.07) is 80.8. The summed E-state index contributed by atoms with van der Waals surface area (Å²) in [5.74, 6) is 0. The van der Waals surface area contributed by atoms with Crippen LogP contribution < -0.4 is 31.1 Å². The molecule has 2 aliphatic rings. The predicted molar refractivity (Wildman–Crippen MR) is 497 cm³/mol. The van der Waals surface area contributed by atoms with Crippen molar-refractivity contribution < 1.29 is 27.4 Å². The highest BCUT2D eigenvalue weighted by Crippen LogP contribution is 2.52. The standard InChI is InChI=1S/C110H83BN6/c1-109(2,3)80-48-58-102-94(66-80)95-67-81(110(4,5)6)49-59-103(95)115(102)89-70-106-108-107(71-89)117(88-64-78(74-34-16-9-17-35-74)61-79(65-88)75-36-18-10-19-37-75)105-69-86(114-100-46-28-24-42-92(100)93-43-25-29-47-101(93)114)55-57-97(105)111(108)96-56-54-85(68-104(96)116(106)87-62-76(72-30-12-7-13-31-72)60-77(63-87)73-32-14-8-15-33-73)112(82-38-20-11-21-39-82)83-50-52-84(53-51-83)113-98-44-26-22-40-90(98)91-41-23-27-45-99(91)113/h7-71H,1-6H3/i20D,21D,22D,23D,24D,25D,26D,27D,28D,29D,38D,39D,40D,41D,42D,43D,44D,45D,46D,47D. The largest absolute Gasteiger partial charge is 0.311 e. The Hall–Kier alpha value is -14.4. The van der Waals surface area contributed by atoms with Gasteiger partial charge in [0.15, 0.2) is 0 Å². The Kier molecular flexibility index (Phi) is 11.9. The van der Waals surface area contributed by atoms with E-state index in [0.29, 0.717) is 56.4 Å². The van der Waals surface area contributed by atoms with Crippen LogP contribution in [0.5, 0.6) is 0 Å². The molecule has 0 bridgehead atoms. The van der Waals surface area contributed by atoms with Crippen LogP contribution in [0.3, 0.4) is 0 Å². The van der Waals surface area contributed by atoms with Gasteiger partial charge in [0.1, 0.15) is 0 Å². The topological polar surface area (TPSA) is 24.5 Å². The molecule has 0 radical (unpaired) electrons. The second-order valence-corrected chi connectivity index (χ2v) is 32.2. The number of nitrogens with zero attached hydrogens (tertiary/aromatic N) is 6. The minimum atomic E-state index is -0.821. The SMILES string of the molecule is [2H]c1cc([2H])c([2H])c(N(c2ccc(-n3c4c([2H])c([2H])c([2H])c([2H])c4c4c([2H])c([2H])c([2H])c([2H])c43)cc2)c2ccc3c(c2)N(c2cc(-c4ccccc4)cc(-c4ccccc4)c2)c2cc(-n4c5ccc(C(C)(C)C)cc5c5cc(C(C)(C)C)ccc54)cc4c2B3c2ccc(-n3c5c([2H])c([2H])c([2H])c([2H])c5c5c([2H])c([2H])c([2H])c([2H])c53)cc2N4c2cc(-c3ccccc3)cc(-c3ccccc3)c2)c1[2H]. The van der Waals surface area contributed by atoms with Crippen molar-refractivity contribution in [2.75, 3.05) is 14.7 Å². The van der Waals surface area contributed by atoms with E-state index < -0.39 is 115 Å². The van der Waals surface area contributed by atoms with Gasteiger partial charge in [0.2, 0.25) is 0 Å². The van der Waals surface area contributed by atoms with E-state index in [1.807, 2.05) is 109 Å². The summed E-state index contributed by atoms with van der Waals surface area (Å²) in [5.41, 5.74) is 17.8. The van der Waals surface area contributed by atoms with E-state index in [-0.39, 0.29) is 89.3 Å². The Morgan fingerprint density at radius 1 is 0.248 bits per heavy atom. The number of rotatable bonds is 12. The smallest absolute Gasteiger partial charge is 0.252 e. The molecule has 6 nitrogen and oxygen atoms in total. The lowest BCUT2D eigenvalue weighted by atomic mass is 9.33. The number of fused-ring (bicyclic) bond motifs is 13. The quantitative estimate of drug-likeness (QED) is 0.114.